The number of benzene rings is 1. The van der Waals surface area contributed by atoms with Crippen LogP contribution in [0.2, 0.25) is 0 Å². The van der Waals surface area contributed by atoms with E-state index in [1.54, 1.807) is 13.0 Å². The summed E-state index contributed by atoms with van der Waals surface area (Å²) in [6.45, 7) is 1.81. The molecule has 0 saturated heterocycles. The molecule has 0 bridgehead atoms. The summed E-state index contributed by atoms with van der Waals surface area (Å²) in [4.78, 5) is 15.8. The van der Waals surface area contributed by atoms with Gasteiger partial charge in [-0.1, -0.05) is 24.3 Å². The van der Waals surface area contributed by atoms with Crippen molar-refractivity contribution in [3.05, 3.63) is 36.4 Å². The number of aromatic hydroxyl groups is 2. The normalized spacial score (nSPS) is 10.7. The van der Waals surface area contributed by atoms with E-state index in [-0.39, 0.29) is 18.3 Å². The van der Waals surface area contributed by atoms with Crippen molar-refractivity contribution in [2.24, 2.45) is 0 Å². The van der Waals surface area contributed by atoms with Gasteiger partial charge in [-0.25, -0.2) is 9.78 Å². The summed E-state index contributed by atoms with van der Waals surface area (Å²) in [6.07, 6.45) is -0.797. The Kier molecular flexibility index (Phi) is 3.76. The highest BCUT2D eigenvalue weighted by molar-refractivity contribution is 5.88. The number of para-hydroxylation sites is 1. The smallest absolute Gasteiger partial charge is 0.414 e. The summed E-state index contributed by atoms with van der Waals surface area (Å²) in [7, 11) is 0. The molecular formula is C16H14N2O5. The van der Waals surface area contributed by atoms with E-state index < -0.39 is 17.6 Å². The maximum absolute atomic E-state index is 11.4. The minimum absolute atomic E-state index is 0.0416. The van der Waals surface area contributed by atoms with Crippen molar-refractivity contribution < 1.29 is 24.2 Å². The molecule has 2 aromatic heterocycles. The van der Waals surface area contributed by atoms with Crippen molar-refractivity contribution in [3.8, 4) is 23.0 Å². The van der Waals surface area contributed by atoms with Crippen molar-refractivity contribution >= 4 is 22.9 Å². The SMILES string of the molecule is CCOC(=O)Nc1oc(-c2ccc3ccccc3n2)c(O)c1O. The molecule has 3 aromatic rings. The van der Waals surface area contributed by atoms with E-state index in [2.05, 4.69) is 10.3 Å². The lowest BCUT2D eigenvalue weighted by atomic mass is 10.2. The number of nitrogens with one attached hydrogen (secondary N) is 1. The Morgan fingerprint density at radius 3 is 2.78 bits per heavy atom. The Hall–Kier alpha value is -3.22. The lowest BCUT2D eigenvalue weighted by Crippen LogP contribution is -2.12. The molecule has 0 spiro atoms. The zero-order chi connectivity index (χ0) is 16.4. The molecule has 1 amide bonds. The summed E-state index contributed by atoms with van der Waals surface area (Å²) in [5, 5.41) is 23.0. The first-order valence-corrected chi connectivity index (χ1v) is 6.94. The number of ether oxygens (including phenoxy) is 1. The highest BCUT2D eigenvalue weighted by Crippen LogP contribution is 2.44. The second kappa shape index (κ2) is 5.88. The van der Waals surface area contributed by atoms with Gasteiger partial charge in [0.1, 0.15) is 5.69 Å². The number of amides is 1. The van der Waals surface area contributed by atoms with Crippen LogP contribution in [0.5, 0.6) is 11.5 Å². The van der Waals surface area contributed by atoms with Crippen LogP contribution in [0, 0.1) is 0 Å². The molecule has 0 aliphatic heterocycles. The fourth-order valence-corrected chi connectivity index (χ4v) is 2.12. The number of carbonyl (C=O) groups is 1. The first-order valence-electron chi connectivity index (χ1n) is 6.94. The van der Waals surface area contributed by atoms with Crippen molar-refractivity contribution in [1.82, 2.24) is 4.98 Å². The minimum atomic E-state index is -0.797. The highest BCUT2D eigenvalue weighted by atomic mass is 16.6. The molecule has 0 saturated carbocycles. The van der Waals surface area contributed by atoms with Crippen molar-refractivity contribution in [2.75, 3.05) is 11.9 Å². The average Bonchev–Trinajstić information content (AvgIpc) is 2.83. The number of furan rings is 1. The quantitative estimate of drug-likeness (QED) is 0.683. The number of aromatic nitrogens is 1. The fraction of sp³-hybridized carbons (Fsp3) is 0.125. The third-order valence-electron chi connectivity index (χ3n) is 3.18. The van der Waals surface area contributed by atoms with Crippen molar-refractivity contribution in [1.29, 1.82) is 0 Å². The van der Waals surface area contributed by atoms with E-state index in [0.29, 0.717) is 11.2 Å². The van der Waals surface area contributed by atoms with Gasteiger partial charge in [-0.2, -0.15) is 0 Å². The first kappa shape index (κ1) is 14.7. The Morgan fingerprint density at radius 2 is 2.00 bits per heavy atom. The fourth-order valence-electron chi connectivity index (χ4n) is 2.12. The van der Waals surface area contributed by atoms with Gasteiger partial charge in [0.25, 0.3) is 0 Å². The summed E-state index contributed by atoms with van der Waals surface area (Å²) in [5.41, 5.74) is 1.04. The Labute approximate surface area is 131 Å². The van der Waals surface area contributed by atoms with Crippen LogP contribution in [0.3, 0.4) is 0 Å². The van der Waals surface area contributed by atoms with Gasteiger partial charge in [0.15, 0.2) is 0 Å². The Balaban J connectivity index is 2.00. The third-order valence-corrected chi connectivity index (χ3v) is 3.18. The van der Waals surface area contributed by atoms with E-state index in [1.165, 1.54) is 0 Å². The molecule has 0 aliphatic rings. The van der Waals surface area contributed by atoms with Gasteiger partial charge in [0, 0.05) is 5.39 Å². The van der Waals surface area contributed by atoms with Crippen LogP contribution in [0.25, 0.3) is 22.4 Å². The van der Waals surface area contributed by atoms with Crippen molar-refractivity contribution in [2.45, 2.75) is 6.92 Å². The Bertz CT molecular complexity index is 872. The molecule has 0 atom stereocenters. The van der Waals surface area contributed by atoms with Gasteiger partial charge in [-0.05, 0) is 19.1 Å². The van der Waals surface area contributed by atoms with Gasteiger partial charge in [-0.3, -0.25) is 5.32 Å². The maximum Gasteiger partial charge on any atom is 0.414 e. The zero-order valence-corrected chi connectivity index (χ0v) is 12.2. The Morgan fingerprint density at radius 1 is 1.22 bits per heavy atom. The summed E-state index contributed by atoms with van der Waals surface area (Å²) in [5.74, 6) is -1.42. The summed E-state index contributed by atoms with van der Waals surface area (Å²) >= 11 is 0. The number of hydrogen-bond donors (Lipinski definition) is 3. The number of anilines is 1. The van der Waals surface area contributed by atoms with Crippen LogP contribution >= 0.6 is 0 Å². The molecule has 0 fully saturated rings. The number of carbonyl (C=O) groups excluding carboxylic acids is 1. The van der Waals surface area contributed by atoms with Crippen molar-refractivity contribution in [3.63, 3.8) is 0 Å². The monoisotopic (exact) mass is 314 g/mol. The lowest BCUT2D eigenvalue weighted by molar-refractivity contribution is 0.167. The highest BCUT2D eigenvalue weighted by Gasteiger charge is 2.23. The molecule has 0 aliphatic carbocycles. The van der Waals surface area contributed by atoms with Crippen LogP contribution in [0.4, 0.5) is 10.7 Å². The first-order chi connectivity index (χ1) is 11.1. The standard InChI is InChI=1S/C16H14N2O5/c1-2-22-16(21)18-15-13(20)12(19)14(23-15)11-8-7-9-5-3-4-6-10(9)17-11/h3-8,19-20H,2H2,1H3,(H,18,21). The molecule has 7 heteroatoms. The van der Waals surface area contributed by atoms with E-state index in [1.807, 2.05) is 30.3 Å². The summed E-state index contributed by atoms with van der Waals surface area (Å²) < 4.78 is 10.0. The van der Waals surface area contributed by atoms with Crippen LogP contribution in [-0.2, 0) is 4.74 Å². The number of nitrogens with zero attached hydrogens (tertiary/aromatic N) is 1. The number of pyridine rings is 1. The largest absolute Gasteiger partial charge is 0.501 e. The zero-order valence-electron chi connectivity index (χ0n) is 12.2. The molecule has 23 heavy (non-hydrogen) atoms. The molecule has 3 N–H and O–H groups in total. The second-order valence-electron chi connectivity index (χ2n) is 4.69. The van der Waals surface area contributed by atoms with Crippen LogP contribution in [0.1, 0.15) is 6.92 Å². The average molecular weight is 314 g/mol. The number of fused-ring (bicyclic) bond motifs is 1. The molecular weight excluding hydrogens is 300 g/mol. The predicted octanol–water partition coefficient (Wildman–Crippen LogP) is 3.47. The maximum atomic E-state index is 11.4. The molecule has 2 heterocycles. The van der Waals surface area contributed by atoms with E-state index in [9.17, 15) is 15.0 Å². The second-order valence-corrected chi connectivity index (χ2v) is 4.69. The van der Waals surface area contributed by atoms with Gasteiger partial charge < -0.3 is 19.4 Å². The van der Waals surface area contributed by atoms with E-state index in [4.69, 9.17) is 9.15 Å². The van der Waals surface area contributed by atoms with Gasteiger partial charge >= 0.3 is 6.09 Å². The van der Waals surface area contributed by atoms with Crippen LogP contribution < -0.4 is 5.32 Å². The summed E-state index contributed by atoms with van der Waals surface area (Å²) in [6, 6.07) is 10.9. The number of hydrogen-bond acceptors (Lipinski definition) is 6. The van der Waals surface area contributed by atoms with Gasteiger partial charge in [-0.15, -0.1) is 0 Å². The molecule has 118 valence electrons. The van der Waals surface area contributed by atoms with Gasteiger partial charge in [0.2, 0.25) is 23.1 Å². The lowest BCUT2D eigenvalue weighted by Gasteiger charge is -2.02. The van der Waals surface area contributed by atoms with Crippen LogP contribution in [0.15, 0.2) is 40.8 Å². The van der Waals surface area contributed by atoms with E-state index in [0.717, 1.165) is 5.39 Å². The molecule has 3 rings (SSSR count). The third kappa shape index (κ3) is 2.76. The molecule has 0 radical (unpaired) electrons. The predicted molar refractivity (Wildman–Crippen MR) is 83.4 cm³/mol. The molecule has 0 unspecified atom stereocenters. The van der Waals surface area contributed by atoms with Crippen LogP contribution in [-0.4, -0.2) is 27.9 Å². The molecule has 1 aromatic carbocycles. The molecule has 7 nitrogen and oxygen atoms in total. The minimum Gasteiger partial charge on any atom is -0.501 e. The van der Waals surface area contributed by atoms with E-state index >= 15 is 0 Å². The number of rotatable bonds is 3. The van der Waals surface area contributed by atoms with Gasteiger partial charge in [0.05, 0.1) is 12.1 Å². The topological polar surface area (TPSA) is 105 Å².